The minimum absolute atomic E-state index is 0.0224. The Morgan fingerprint density at radius 3 is 2.83 bits per heavy atom. The summed E-state index contributed by atoms with van der Waals surface area (Å²) in [5.41, 5.74) is 5.65. The molecule has 3 heterocycles. The number of hydrogen-bond donors (Lipinski definition) is 0. The van der Waals surface area contributed by atoms with Gasteiger partial charge in [0, 0.05) is 11.6 Å². The van der Waals surface area contributed by atoms with Crippen LogP contribution in [0.2, 0.25) is 0 Å². The quantitative estimate of drug-likeness (QED) is 0.637. The maximum Gasteiger partial charge on any atom is 0.411 e. The number of aryl methyl sites for hydroxylation is 1. The molecule has 0 N–H and O–H groups in total. The Kier molecular flexibility index (Phi) is 4.97. The van der Waals surface area contributed by atoms with Gasteiger partial charge in [-0.3, -0.25) is 9.88 Å². The van der Waals surface area contributed by atoms with Crippen LogP contribution in [0.1, 0.15) is 23.1 Å². The summed E-state index contributed by atoms with van der Waals surface area (Å²) in [4.78, 5) is 19.3. The molecular formula is C25H24N2O3. The predicted molar refractivity (Wildman–Crippen MR) is 116 cm³/mol. The van der Waals surface area contributed by atoms with E-state index in [1.165, 1.54) is 16.7 Å². The number of pyridine rings is 1. The monoisotopic (exact) mass is 400 g/mol. The Labute approximate surface area is 175 Å². The third-order valence-electron chi connectivity index (χ3n) is 5.99. The maximum absolute atomic E-state index is 12.9. The van der Waals surface area contributed by atoms with Crippen molar-refractivity contribution in [2.24, 2.45) is 0 Å². The highest BCUT2D eigenvalue weighted by Crippen LogP contribution is 2.35. The number of morpholine rings is 1. The Morgan fingerprint density at radius 1 is 1.13 bits per heavy atom. The Hall–Kier alpha value is -3.18. The Balaban J connectivity index is 1.40. The van der Waals surface area contributed by atoms with Gasteiger partial charge >= 0.3 is 6.09 Å². The van der Waals surface area contributed by atoms with E-state index in [-0.39, 0.29) is 24.8 Å². The summed E-state index contributed by atoms with van der Waals surface area (Å²) in [6, 6.07) is 18.0. The van der Waals surface area contributed by atoms with Gasteiger partial charge in [-0.25, -0.2) is 4.79 Å². The SMILES string of the molecule is Cc1c(C2=CC3COCC(C2)N3C(=O)OCc2ccccc2)ccc2cccnc12. The molecule has 3 aromatic rings. The van der Waals surface area contributed by atoms with Gasteiger partial charge in [0.15, 0.2) is 0 Å². The van der Waals surface area contributed by atoms with Gasteiger partial charge in [0.1, 0.15) is 6.61 Å². The molecule has 2 atom stereocenters. The molecule has 5 nitrogen and oxygen atoms in total. The van der Waals surface area contributed by atoms with Crippen molar-refractivity contribution in [1.82, 2.24) is 9.88 Å². The number of aromatic nitrogens is 1. The van der Waals surface area contributed by atoms with Gasteiger partial charge in [0.2, 0.25) is 0 Å². The Morgan fingerprint density at radius 2 is 2.00 bits per heavy atom. The lowest BCUT2D eigenvalue weighted by Gasteiger charge is -2.44. The van der Waals surface area contributed by atoms with Gasteiger partial charge < -0.3 is 9.47 Å². The van der Waals surface area contributed by atoms with Gasteiger partial charge in [-0.05, 0) is 41.7 Å². The minimum Gasteiger partial charge on any atom is -0.445 e. The second-order valence-corrected chi connectivity index (χ2v) is 7.92. The largest absolute Gasteiger partial charge is 0.445 e. The summed E-state index contributed by atoms with van der Waals surface area (Å²) >= 11 is 0. The molecule has 1 aromatic heterocycles. The first-order chi connectivity index (χ1) is 14.7. The van der Waals surface area contributed by atoms with Gasteiger partial charge in [0.05, 0.1) is 30.8 Å². The number of fused-ring (bicyclic) bond motifs is 3. The molecule has 0 aliphatic carbocycles. The van der Waals surface area contributed by atoms with Crippen LogP contribution in [0, 0.1) is 6.92 Å². The third-order valence-corrected chi connectivity index (χ3v) is 5.99. The first-order valence-electron chi connectivity index (χ1n) is 10.3. The summed E-state index contributed by atoms with van der Waals surface area (Å²) in [6.07, 6.45) is 4.47. The number of rotatable bonds is 3. The topological polar surface area (TPSA) is 51.7 Å². The van der Waals surface area contributed by atoms with E-state index in [2.05, 4.69) is 36.2 Å². The summed E-state index contributed by atoms with van der Waals surface area (Å²) < 4.78 is 11.4. The lowest BCUT2D eigenvalue weighted by molar-refractivity contribution is -0.0342. The van der Waals surface area contributed by atoms with Crippen LogP contribution in [0.5, 0.6) is 0 Å². The molecular weight excluding hydrogens is 376 g/mol. The molecule has 152 valence electrons. The number of hydrogen-bond acceptors (Lipinski definition) is 4. The van der Waals surface area contributed by atoms with Crippen LogP contribution < -0.4 is 0 Å². The highest BCUT2D eigenvalue weighted by Gasteiger charge is 2.39. The highest BCUT2D eigenvalue weighted by atomic mass is 16.6. The number of amides is 1. The second-order valence-electron chi connectivity index (χ2n) is 7.92. The molecule has 2 unspecified atom stereocenters. The molecule has 0 saturated carbocycles. The molecule has 2 aliphatic heterocycles. The van der Waals surface area contributed by atoms with Crippen molar-refractivity contribution in [3.8, 4) is 0 Å². The van der Waals surface area contributed by atoms with E-state index in [0.717, 1.165) is 22.9 Å². The molecule has 2 bridgehead atoms. The van der Waals surface area contributed by atoms with Crippen molar-refractivity contribution in [3.05, 3.63) is 83.6 Å². The molecule has 0 spiro atoms. The fraction of sp³-hybridized carbons (Fsp3) is 0.280. The predicted octanol–water partition coefficient (Wildman–Crippen LogP) is 4.74. The number of benzene rings is 2. The third kappa shape index (κ3) is 3.46. The van der Waals surface area contributed by atoms with Crippen LogP contribution >= 0.6 is 0 Å². The van der Waals surface area contributed by atoms with Crippen LogP contribution in [-0.4, -0.2) is 41.3 Å². The van der Waals surface area contributed by atoms with Gasteiger partial charge in [0.25, 0.3) is 0 Å². The first kappa shape index (κ1) is 18.8. The normalized spacial score (nSPS) is 20.7. The van der Waals surface area contributed by atoms with Crippen molar-refractivity contribution in [2.75, 3.05) is 13.2 Å². The Bertz CT molecular complexity index is 1110. The van der Waals surface area contributed by atoms with E-state index < -0.39 is 0 Å². The van der Waals surface area contributed by atoms with Gasteiger partial charge in [-0.15, -0.1) is 0 Å². The van der Waals surface area contributed by atoms with Crippen molar-refractivity contribution in [3.63, 3.8) is 0 Å². The summed E-state index contributed by atoms with van der Waals surface area (Å²) in [5.74, 6) is 0. The molecule has 30 heavy (non-hydrogen) atoms. The zero-order chi connectivity index (χ0) is 20.5. The van der Waals surface area contributed by atoms with Crippen LogP contribution in [0.4, 0.5) is 4.79 Å². The van der Waals surface area contributed by atoms with E-state index >= 15 is 0 Å². The highest BCUT2D eigenvalue weighted by molar-refractivity contribution is 5.87. The van der Waals surface area contributed by atoms with Gasteiger partial charge in [-0.2, -0.15) is 0 Å². The summed E-state index contributed by atoms with van der Waals surface area (Å²) in [6.45, 7) is 3.42. The van der Waals surface area contributed by atoms with E-state index in [9.17, 15) is 4.79 Å². The van der Waals surface area contributed by atoms with Crippen molar-refractivity contribution >= 4 is 22.6 Å². The molecule has 1 saturated heterocycles. The first-order valence-corrected chi connectivity index (χ1v) is 10.3. The number of carbonyl (C=O) groups excluding carboxylic acids is 1. The summed E-state index contributed by atoms with van der Waals surface area (Å²) in [5, 5.41) is 1.14. The van der Waals surface area contributed by atoms with E-state index in [1.54, 1.807) is 0 Å². The van der Waals surface area contributed by atoms with Crippen molar-refractivity contribution in [2.45, 2.75) is 32.0 Å². The van der Waals surface area contributed by atoms with E-state index in [0.29, 0.717) is 13.2 Å². The van der Waals surface area contributed by atoms with Crippen LogP contribution in [-0.2, 0) is 16.1 Å². The summed E-state index contributed by atoms with van der Waals surface area (Å²) in [7, 11) is 0. The maximum atomic E-state index is 12.9. The van der Waals surface area contributed by atoms with Crippen LogP contribution in [0.25, 0.3) is 16.5 Å². The van der Waals surface area contributed by atoms with Crippen molar-refractivity contribution < 1.29 is 14.3 Å². The molecule has 2 aromatic carbocycles. The standard InChI is InChI=1S/C25H24N2O3/c1-17-23(10-9-19-8-5-11-26-24(17)19)20-12-21-15-29-16-22(13-20)27(21)25(28)30-14-18-6-3-2-4-7-18/h2-12,21-22H,13-16H2,1H3. The molecule has 1 fully saturated rings. The average Bonchev–Trinajstić information content (AvgIpc) is 2.78. The molecule has 5 rings (SSSR count). The second kappa shape index (κ2) is 7.92. The van der Waals surface area contributed by atoms with Gasteiger partial charge in [-0.1, -0.05) is 54.6 Å². The number of carbonyl (C=O) groups is 1. The van der Waals surface area contributed by atoms with Crippen molar-refractivity contribution in [1.29, 1.82) is 0 Å². The van der Waals surface area contributed by atoms with E-state index in [4.69, 9.17) is 9.47 Å². The molecule has 0 radical (unpaired) electrons. The lowest BCUT2D eigenvalue weighted by Crippen LogP contribution is -2.56. The van der Waals surface area contributed by atoms with E-state index in [1.807, 2.05) is 47.5 Å². The fourth-order valence-electron chi connectivity index (χ4n) is 4.51. The zero-order valence-electron chi connectivity index (χ0n) is 17.0. The lowest BCUT2D eigenvalue weighted by atomic mass is 9.87. The fourth-order valence-corrected chi connectivity index (χ4v) is 4.51. The zero-order valence-corrected chi connectivity index (χ0v) is 17.0. The molecule has 1 amide bonds. The minimum atomic E-state index is -0.274. The molecule has 5 heteroatoms. The number of nitrogens with zero attached hydrogens (tertiary/aromatic N) is 2. The average molecular weight is 400 g/mol. The van der Waals surface area contributed by atoms with Crippen LogP contribution in [0.15, 0.2) is 66.9 Å². The smallest absolute Gasteiger partial charge is 0.411 e. The number of ether oxygens (including phenoxy) is 2. The van der Waals surface area contributed by atoms with Crippen LogP contribution in [0.3, 0.4) is 0 Å². The molecule has 2 aliphatic rings.